The van der Waals surface area contributed by atoms with E-state index in [-0.39, 0.29) is 24.3 Å². The van der Waals surface area contributed by atoms with Gasteiger partial charge >= 0.3 is 0 Å². The second kappa shape index (κ2) is 9.43. The van der Waals surface area contributed by atoms with Gasteiger partial charge in [0.1, 0.15) is 5.01 Å². The number of carbonyl (C=O) groups excluding carboxylic acids is 2. The van der Waals surface area contributed by atoms with E-state index in [2.05, 4.69) is 46.8 Å². The maximum atomic E-state index is 12.3. The van der Waals surface area contributed by atoms with Gasteiger partial charge in [-0.15, -0.1) is 10.2 Å². The summed E-state index contributed by atoms with van der Waals surface area (Å²) in [5.41, 5.74) is 2.80. The molecule has 6 nitrogen and oxygen atoms in total. The molecule has 0 spiro atoms. The summed E-state index contributed by atoms with van der Waals surface area (Å²) < 4.78 is 0. The molecule has 3 aromatic rings. The lowest BCUT2D eigenvalue weighted by Gasteiger charge is -2.13. The number of hydrogen-bond donors (Lipinski definition) is 2. The van der Waals surface area contributed by atoms with Crippen LogP contribution in [-0.4, -0.2) is 28.1 Å². The number of amides is 2. The normalized spacial score (nSPS) is 11.9. The second-order valence-electron chi connectivity index (χ2n) is 7.18. The molecule has 7 heteroatoms. The fourth-order valence-electron chi connectivity index (χ4n) is 2.80. The molecular weight excluding hydrogens is 384 g/mol. The van der Waals surface area contributed by atoms with Crippen molar-refractivity contribution in [2.45, 2.75) is 39.2 Å². The van der Waals surface area contributed by atoms with Crippen LogP contribution in [0.1, 0.15) is 49.0 Å². The minimum Gasteiger partial charge on any atom is -0.349 e. The molecule has 3 rings (SSSR count). The zero-order valence-electron chi connectivity index (χ0n) is 16.7. The number of hydrogen-bond acceptors (Lipinski definition) is 5. The Morgan fingerprint density at radius 1 is 0.966 bits per heavy atom. The predicted octanol–water partition coefficient (Wildman–Crippen LogP) is 4.48. The van der Waals surface area contributed by atoms with E-state index in [0.29, 0.717) is 16.6 Å². The van der Waals surface area contributed by atoms with Gasteiger partial charge in [0.15, 0.2) is 0 Å². The van der Waals surface area contributed by atoms with Gasteiger partial charge in [0.2, 0.25) is 11.0 Å². The lowest BCUT2D eigenvalue weighted by atomic mass is 10.0. The van der Waals surface area contributed by atoms with Crippen molar-refractivity contribution in [3.8, 4) is 10.6 Å². The van der Waals surface area contributed by atoms with Crippen molar-refractivity contribution in [2.24, 2.45) is 0 Å². The van der Waals surface area contributed by atoms with Gasteiger partial charge in [-0.05, 0) is 30.5 Å². The quantitative estimate of drug-likeness (QED) is 0.604. The Labute approximate surface area is 174 Å². The number of benzene rings is 2. The SMILES string of the molecule is CC(CC(=O)Nc1nnc(-c2ccc(C(C)C)cc2)s1)NC(=O)c1ccccc1. The Balaban J connectivity index is 1.54. The van der Waals surface area contributed by atoms with Gasteiger partial charge in [-0.1, -0.05) is 67.6 Å². The van der Waals surface area contributed by atoms with Crippen molar-refractivity contribution in [3.63, 3.8) is 0 Å². The zero-order chi connectivity index (χ0) is 20.8. The molecule has 0 fully saturated rings. The molecule has 2 N–H and O–H groups in total. The number of rotatable bonds is 7. The average Bonchev–Trinajstić information content (AvgIpc) is 3.16. The minimum absolute atomic E-state index is 0.149. The molecule has 0 aliphatic rings. The van der Waals surface area contributed by atoms with Crippen molar-refractivity contribution in [1.29, 1.82) is 0 Å². The van der Waals surface area contributed by atoms with E-state index in [4.69, 9.17) is 0 Å². The van der Waals surface area contributed by atoms with E-state index >= 15 is 0 Å². The number of anilines is 1. The Morgan fingerprint density at radius 2 is 1.66 bits per heavy atom. The van der Waals surface area contributed by atoms with Crippen LogP contribution in [0.15, 0.2) is 54.6 Å². The van der Waals surface area contributed by atoms with E-state index < -0.39 is 0 Å². The van der Waals surface area contributed by atoms with Crippen LogP contribution in [0.3, 0.4) is 0 Å². The smallest absolute Gasteiger partial charge is 0.251 e. The van der Waals surface area contributed by atoms with Gasteiger partial charge in [-0.25, -0.2) is 0 Å². The lowest BCUT2D eigenvalue weighted by Crippen LogP contribution is -2.35. The molecule has 0 aliphatic heterocycles. The number of carbonyl (C=O) groups is 2. The maximum absolute atomic E-state index is 12.3. The predicted molar refractivity (Wildman–Crippen MR) is 116 cm³/mol. The van der Waals surface area contributed by atoms with Crippen LogP contribution in [0.5, 0.6) is 0 Å². The van der Waals surface area contributed by atoms with Gasteiger partial charge in [-0.3, -0.25) is 9.59 Å². The van der Waals surface area contributed by atoms with Crippen LogP contribution in [-0.2, 0) is 4.79 Å². The molecule has 1 heterocycles. The molecule has 29 heavy (non-hydrogen) atoms. The first-order chi connectivity index (χ1) is 13.9. The van der Waals surface area contributed by atoms with Crippen LogP contribution < -0.4 is 10.6 Å². The summed E-state index contributed by atoms with van der Waals surface area (Å²) in [6.45, 7) is 6.09. The van der Waals surface area contributed by atoms with Crippen LogP contribution >= 0.6 is 11.3 Å². The van der Waals surface area contributed by atoms with E-state index in [9.17, 15) is 9.59 Å². The minimum atomic E-state index is -0.307. The largest absolute Gasteiger partial charge is 0.349 e. The highest BCUT2D eigenvalue weighted by atomic mass is 32.1. The lowest BCUT2D eigenvalue weighted by molar-refractivity contribution is -0.116. The monoisotopic (exact) mass is 408 g/mol. The van der Waals surface area contributed by atoms with Crippen molar-refractivity contribution in [1.82, 2.24) is 15.5 Å². The fourth-order valence-corrected chi connectivity index (χ4v) is 3.56. The molecule has 1 aromatic heterocycles. The standard InChI is InChI=1S/C22H24N4O2S/c1-14(2)16-9-11-18(12-10-16)21-25-26-22(29-21)24-19(27)13-15(3)23-20(28)17-7-5-4-6-8-17/h4-12,14-15H,13H2,1-3H3,(H,23,28)(H,24,26,27). The van der Waals surface area contributed by atoms with Gasteiger partial charge < -0.3 is 10.6 Å². The summed E-state index contributed by atoms with van der Waals surface area (Å²) in [4.78, 5) is 24.4. The van der Waals surface area contributed by atoms with Crippen molar-refractivity contribution >= 4 is 28.3 Å². The highest BCUT2D eigenvalue weighted by molar-refractivity contribution is 7.18. The fraction of sp³-hybridized carbons (Fsp3) is 0.273. The molecule has 1 atom stereocenters. The topological polar surface area (TPSA) is 84.0 Å². The zero-order valence-corrected chi connectivity index (χ0v) is 17.5. The Bertz CT molecular complexity index is 968. The summed E-state index contributed by atoms with van der Waals surface area (Å²) in [6.07, 6.45) is 0.149. The first-order valence-corrected chi connectivity index (χ1v) is 10.3. The molecule has 0 saturated heterocycles. The van der Waals surface area contributed by atoms with Gasteiger partial charge in [0.05, 0.1) is 0 Å². The highest BCUT2D eigenvalue weighted by Gasteiger charge is 2.15. The van der Waals surface area contributed by atoms with Crippen molar-refractivity contribution in [2.75, 3.05) is 5.32 Å². The van der Waals surface area contributed by atoms with Crippen LogP contribution in [0.2, 0.25) is 0 Å². The Kier molecular flexibility index (Phi) is 6.72. The third-order valence-electron chi connectivity index (χ3n) is 4.40. The van der Waals surface area contributed by atoms with E-state index in [1.165, 1.54) is 16.9 Å². The average molecular weight is 409 g/mol. The third-order valence-corrected chi connectivity index (χ3v) is 5.29. The van der Waals surface area contributed by atoms with Gasteiger partial charge in [0.25, 0.3) is 5.91 Å². The van der Waals surface area contributed by atoms with E-state index in [1.807, 2.05) is 18.2 Å². The first kappa shape index (κ1) is 20.7. The Morgan fingerprint density at radius 3 is 2.31 bits per heavy atom. The molecule has 0 radical (unpaired) electrons. The van der Waals surface area contributed by atoms with Crippen LogP contribution in [0.25, 0.3) is 10.6 Å². The molecule has 2 amide bonds. The summed E-state index contributed by atoms with van der Waals surface area (Å²) in [6, 6.07) is 16.8. The number of aromatic nitrogens is 2. The molecule has 0 saturated carbocycles. The highest BCUT2D eigenvalue weighted by Crippen LogP contribution is 2.27. The maximum Gasteiger partial charge on any atom is 0.251 e. The molecule has 1 unspecified atom stereocenters. The van der Waals surface area contributed by atoms with E-state index in [0.717, 1.165) is 10.6 Å². The molecule has 0 bridgehead atoms. The number of nitrogens with one attached hydrogen (secondary N) is 2. The third kappa shape index (κ3) is 5.71. The van der Waals surface area contributed by atoms with Gasteiger partial charge in [0, 0.05) is 23.6 Å². The van der Waals surface area contributed by atoms with Crippen molar-refractivity contribution < 1.29 is 9.59 Å². The van der Waals surface area contributed by atoms with Crippen LogP contribution in [0.4, 0.5) is 5.13 Å². The van der Waals surface area contributed by atoms with E-state index in [1.54, 1.807) is 31.2 Å². The summed E-state index contributed by atoms with van der Waals surface area (Å²) >= 11 is 1.32. The summed E-state index contributed by atoms with van der Waals surface area (Å²) in [5, 5.41) is 15.0. The summed E-state index contributed by atoms with van der Waals surface area (Å²) in [7, 11) is 0. The Hall–Kier alpha value is -3.06. The molecule has 0 aliphatic carbocycles. The van der Waals surface area contributed by atoms with Crippen LogP contribution in [0, 0.1) is 0 Å². The number of nitrogens with zero attached hydrogens (tertiary/aromatic N) is 2. The first-order valence-electron chi connectivity index (χ1n) is 9.52. The molecule has 150 valence electrons. The second-order valence-corrected chi connectivity index (χ2v) is 8.16. The van der Waals surface area contributed by atoms with Crippen molar-refractivity contribution in [3.05, 3.63) is 65.7 Å². The molecular formula is C22H24N4O2S. The van der Waals surface area contributed by atoms with Gasteiger partial charge in [-0.2, -0.15) is 0 Å². The molecule has 2 aromatic carbocycles. The summed E-state index contributed by atoms with van der Waals surface area (Å²) in [5.74, 6) is 0.0513.